The zero-order valence-electron chi connectivity index (χ0n) is 40.3. The predicted molar refractivity (Wildman–Crippen MR) is 248 cm³/mol. The van der Waals surface area contributed by atoms with Crippen LogP contribution in [0, 0.1) is 0 Å². The molecule has 0 unspecified atom stereocenters. The minimum absolute atomic E-state index is 0. The van der Waals surface area contributed by atoms with E-state index in [1.807, 2.05) is 0 Å². The van der Waals surface area contributed by atoms with Crippen molar-refractivity contribution >= 4 is 93.5 Å². The Hall–Kier alpha value is -2.88. The first-order valence-electron chi connectivity index (χ1n) is 20.2. The van der Waals surface area contributed by atoms with Gasteiger partial charge >= 0.3 is 118 Å². The molecule has 0 saturated heterocycles. The third kappa shape index (κ3) is 18.6. The Kier molecular flexibility index (Phi) is 26.7. The zero-order valence-corrected chi connectivity index (χ0v) is 51.6. The van der Waals surface area contributed by atoms with Crippen LogP contribution in [0.1, 0.15) is 11.1 Å². The Morgan fingerprint density at radius 2 is 0.867 bits per heavy atom. The number of nitrogens with two attached hydrogens (primary N) is 1. The molecule has 27 nitrogen and oxygen atoms in total. The van der Waals surface area contributed by atoms with E-state index in [4.69, 9.17) is 5.73 Å². The van der Waals surface area contributed by atoms with Crippen molar-refractivity contribution in [2.75, 3.05) is 78.8 Å². The van der Waals surface area contributed by atoms with Crippen molar-refractivity contribution < 1.29 is 191 Å². The van der Waals surface area contributed by atoms with Crippen molar-refractivity contribution in [1.82, 2.24) is 29.9 Å². The monoisotopic (exact) mass is 1150 g/mol. The van der Waals surface area contributed by atoms with Crippen LogP contribution in [0.15, 0.2) is 98.4 Å². The van der Waals surface area contributed by atoms with Crippen molar-refractivity contribution in [3.8, 4) is 22.8 Å². The van der Waals surface area contributed by atoms with Crippen LogP contribution in [0.4, 0.5) is 40.9 Å². The molecular formula is C40H39N11Na4O16S4. The second-order valence-corrected chi connectivity index (χ2v) is 20.1. The summed E-state index contributed by atoms with van der Waals surface area (Å²) in [6, 6.07) is 14.2. The van der Waals surface area contributed by atoms with Gasteiger partial charge in [-0.3, -0.25) is 0 Å². The average Bonchev–Trinajstić information content (AvgIpc) is 3.29. The summed E-state index contributed by atoms with van der Waals surface area (Å²) in [7, 11) is -20.4. The molecule has 6 rings (SSSR count). The van der Waals surface area contributed by atoms with Gasteiger partial charge in [0.25, 0.3) is 0 Å². The third-order valence-electron chi connectivity index (χ3n) is 9.76. The minimum Gasteiger partial charge on any atom is -0.744 e. The van der Waals surface area contributed by atoms with Gasteiger partial charge in [0, 0.05) is 59.9 Å². The molecular weight excluding hydrogens is 1110 g/mol. The van der Waals surface area contributed by atoms with Crippen LogP contribution in [0.2, 0.25) is 0 Å². The molecule has 6 aromatic rings. The molecule has 0 saturated carbocycles. The molecule has 0 aliphatic heterocycles. The van der Waals surface area contributed by atoms with Crippen LogP contribution in [-0.4, -0.2) is 155 Å². The molecule has 0 atom stereocenters. The van der Waals surface area contributed by atoms with Crippen LogP contribution in [-0.2, 0) is 40.5 Å². The van der Waals surface area contributed by atoms with Crippen LogP contribution < -0.4 is 144 Å². The fourth-order valence-corrected chi connectivity index (χ4v) is 8.88. The van der Waals surface area contributed by atoms with E-state index in [0.29, 0.717) is 0 Å². The maximum absolute atomic E-state index is 12.9. The van der Waals surface area contributed by atoms with Crippen molar-refractivity contribution in [2.24, 2.45) is 0 Å². The summed E-state index contributed by atoms with van der Waals surface area (Å²) in [6.07, 6.45) is 1.95. The quantitative estimate of drug-likeness (QED) is 0.0144. The number of hydrogen-bond acceptors (Lipinski definition) is 27. The summed E-state index contributed by atoms with van der Waals surface area (Å²) in [4.78, 5) is 25.6. The Labute approximate surface area is 518 Å². The van der Waals surface area contributed by atoms with Gasteiger partial charge in [-0.25, -0.2) is 33.7 Å². The number of aliphatic hydroxyl groups excluding tert-OH is 4. The fourth-order valence-electron chi connectivity index (χ4n) is 6.52. The molecule has 2 aromatic heterocycles. The fraction of sp³-hybridized carbons (Fsp3) is 0.200. The summed E-state index contributed by atoms with van der Waals surface area (Å²) in [5, 5.41) is 44.3. The van der Waals surface area contributed by atoms with E-state index in [1.54, 1.807) is 0 Å². The number of rotatable bonds is 22. The van der Waals surface area contributed by atoms with Crippen molar-refractivity contribution in [2.45, 2.75) is 19.6 Å². The molecule has 0 radical (unpaired) electrons. The summed E-state index contributed by atoms with van der Waals surface area (Å²) in [5.74, 6) is -1.40. The van der Waals surface area contributed by atoms with Gasteiger partial charge in [-0.1, -0.05) is 24.3 Å². The predicted octanol–water partition coefficient (Wildman–Crippen LogP) is -12.2. The van der Waals surface area contributed by atoms with Crippen molar-refractivity contribution in [3.05, 3.63) is 90.0 Å². The smallest absolute Gasteiger partial charge is 0.744 e. The largest absolute Gasteiger partial charge is 1.00 e. The van der Waals surface area contributed by atoms with E-state index in [0.717, 1.165) is 60.7 Å². The molecule has 4 aromatic carbocycles. The van der Waals surface area contributed by atoms with E-state index in [9.17, 15) is 72.3 Å². The molecule has 75 heavy (non-hydrogen) atoms. The Balaban J connectivity index is 0.00000481. The van der Waals surface area contributed by atoms with Crippen LogP contribution in [0.25, 0.3) is 34.9 Å². The van der Waals surface area contributed by atoms with Gasteiger partial charge in [0.1, 0.15) is 40.5 Å². The second kappa shape index (κ2) is 29.4. The number of nitrogens with one attached hydrogen (secondary N) is 2. The van der Waals surface area contributed by atoms with E-state index in [2.05, 4.69) is 40.5 Å². The van der Waals surface area contributed by atoms with E-state index in [-0.39, 0.29) is 208 Å². The van der Waals surface area contributed by atoms with E-state index in [1.165, 1.54) is 40.1 Å². The first-order chi connectivity index (χ1) is 33.4. The molecule has 0 aliphatic carbocycles. The van der Waals surface area contributed by atoms with Gasteiger partial charge in [-0.05, 0) is 72.3 Å². The summed E-state index contributed by atoms with van der Waals surface area (Å²) in [6.45, 7) is -2.17. The van der Waals surface area contributed by atoms with Crippen LogP contribution in [0.5, 0.6) is 0 Å². The maximum atomic E-state index is 12.9. The zero-order chi connectivity index (χ0) is 51.9. The number of anilines is 7. The van der Waals surface area contributed by atoms with Gasteiger partial charge in [-0.2, -0.15) is 29.9 Å². The molecule has 0 amide bonds. The first-order valence-corrected chi connectivity index (χ1v) is 25.8. The number of aliphatic hydroxyl groups is 4. The molecule has 35 heteroatoms. The number of hydrogen-bond donors (Lipinski definition) is 7. The average molecular weight is 1150 g/mol. The second-order valence-electron chi connectivity index (χ2n) is 14.6. The number of nitrogens with zero attached hydrogens (tertiary/aromatic N) is 8. The Bertz CT molecular complexity index is 3420. The Morgan fingerprint density at radius 3 is 1.24 bits per heavy atom. The standard InChI is InChI=1S/C40H43N11O16S4.4Na/c41-32-21-26(36-45-38(49-40(47-36)51(15-19-54)16-20-55)43-28-6-10-30(11-7-28)69(59,60)61)23-34(71(65,66)67)31(32)12-3-24-1-2-25(22-33(24)70(62,63)64)35-44-37(48-39(46-35)50(13-17-52)14-18-53)42-27-4-8-29(9-5-27)68(56,57)58;;;;/h1-12,21-23,52-55H,13-20,41H2,(H,56,57,58)(H,59,60,61)(H,62,63,64)(H,65,66,67)(H,42,44,46,48)(H,43,45,47,49);;;;/q;4*+1/p-4. The molecule has 0 fully saturated rings. The van der Waals surface area contributed by atoms with Crippen LogP contribution in [0.3, 0.4) is 0 Å². The van der Waals surface area contributed by atoms with Crippen molar-refractivity contribution in [1.29, 1.82) is 0 Å². The van der Waals surface area contributed by atoms with Gasteiger partial charge in [0.05, 0.1) is 46.0 Å². The normalized spacial score (nSPS) is 11.6. The maximum Gasteiger partial charge on any atom is 1.00 e. The number of aromatic nitrogens is 6. The van der Waals surface area contributed by atoms with E-state index < -0.39 is 97.7 Å². The summed E-state index contributed by atoms with van der Waals surface area (Å²) >= 11 is 0. The van der Waals surface area contributed by atoms with Gasteiger partial charge < -0.3 is 64.8 Å². The summed E-state index contributed by atoms with van der Waals surface area (Å²) < 4.78 is 146. The topological polar surface area (TPSA) is 444 Å². The van der Waals surface area contributed by atoms with Gasteiger partial charge in [0.15, 0.2) is 11.6 Å². The molecule has 8 N–H and O–H groups in total. The first kappa shape index (κ1) is 68.2. The van der Waals surface area contributed by atoms with Gasteiger partial charge in [0.2, 0.25) is 23.8 Å². The molecule has 0 aliphatic rings. The molecule has 0 spiro atoms. The molecule has 2 heterocycles. The Morgan fingerprint density at radius 1 is 0.480 bits per heavy atom. The number of nitrogen functional groups attached to an aromatic ring is 1. The SMILES string of the molecule is Nc1cc(-c2nc(Nc3ccc(S(=O)(=O)[O-])cc3)nc(N(CCO)CCO)n2)cc(S(=O)(=O)[O-])c1C=Cc1ccc(-c2nc(Nc3ccc(S(=O)(=O)[O-])cc3)nc(N(CCO)CCO)n2)cc1S(=O)(=O)[O-].[Na+].[Na+].[Na+].[Na+]. The van der Waals surface area contributed by atoms with Crippen molar-refractivity contribution in [3.63, 3.8) is 0 Å². The van der Waals surface area contributed by atoms with Crippen LogP contribution >= 0.6 is 0 Å². The minimum atomic E-state index is -5.45. The van der Waals surface area contributed by atoms with Gasteiger partial charge in [-0.15, -0.1) is 0 Å². The summed E-state index contributed by atoms with van der Waals surface area (Å²) in [5.41, 5.74) is 5.19. The van der Waals surface area contributed by atoms with E-state index >= 15 is 0 Å². The molecule has 0 bridgehead atoms. The third-order valence-corrected chi connectivity index (χ3v) is 13.2. The molecule has 378 valence electrons. The number of benzene rings is 4.